The van der Waals surface area contributed by atoms with Crippen molar-refractivity contribution in [3.63, 3.8) is 0 Å². The number of aromatic nitrogens is 2. The summed E-state index contributed by atoms with van der Waals surface area (Å²) in [5.41, 5.74) is 0.164. The van der Waals surface area contributed by atoms with E-state index in [1.807, 2.05) is 0 Å². The predicted octanol–water partition coefficient (Wildman–Crippen LogP) is 1.93. The quantitative estimate of drug-likeness (QED) is 0.703. The maximum absolute atomic E-state index is 12.9. The summed E-state index contributed by atoms with van der Waals surface area (Å²) >= 11 is 5.48. The van der Waals surface area contributed by atoms with E-state index in [2.05, 4.69) is 9.97 Å². The topological polar surface area (TPSA) is 35.0 Å². The van der Waals surface area contributed by atoms with Gasteiger partial charge >= 0.3 is 0 Å². The molecule has 0 atom stereocenters. The first kappa shape index (κ1) is 10.1. The number of hydrogen-bond donors (Lipinski definition) is 0. The van der Waals surface area contributed by atoms with Gasteiger partial charge in [0, 0.05) is 7.11 Å². The van der Waals surface area contributed by atoms with Crippen molar-refractivity contribution < 1.29 is 9.13 Å². The fourth-order valence-corrected chi connectivity index (χ4v) is 0.870. The Bertz CT molecular complexity index is 317. The molecule has 0 aliphatic carbocycles. The second-order valence-corrected chi connectivity index (χ2v) is 2.57. The van der Waals surface area contributed by atoms with Crippen LogP contribution in [0.1, 0.15) is 5.69 Å². The molecule has 70 valence electrons. The first-order chi connectivity index (χ1) is 6.24. The summed E-state index contributed by atoms with van der Waals surface area (Å²) in [6.45, 7) is 0.404. The summed E-state index contributed by atoms with van der Waals surface area (Å²) < 4.78 is 17.7. The minimum absolute atomic E-state index is 0.0264. The van der Waals surface area contributed by atoms with Crippen LogP contribution in [0.2, 0.25) is 5.28 Å². The fraction of sp³-hybridized carbons (Fsp3) is 0.250. The Morgan fingerprint density at radius 1 is 1.69 bits per heavy atom. The first-order valence-corrected chi connectivity index (χ1v) is 3.95. The number of methoxy groups -OCH3 is 1. The van der Waals surface area contributed by atoms with Crippen molar-refractivity contribution in [1.82, 2.24) is 9.97 Å². The van der Waals surface area contributed by atoms with Crippen molar-refractivity contribution >= 4 is 17.7 Å². The van der Waals surface area contributed by atoms with E-state index in [0.29, 0.717) is 6.61 Å². The highest BCUT2D eigenvalue weighted by molar-refractivity contribution is 6.28. The van der Waals surface area contributed by atoms with Crippen molar-refractivity contribution in [1.29, 1.82) is 0 Å². The van der Waals surface area contributed by atoms with Gasteiger partial charge in [0.1, 0.15) is 5.69 Å². The minimum Gasteiger partial charge on any atom is -0.381 e. The van der Waals surface area contributed by atoms with E-state index in [4.69, 9.17) is 16.3 Å². The van der Waals surface area contributed by atoms with Crippen molar-refractivity contribution in [2.45, 2.75) is 0 Å². The first-order valence-electron chi connectivity index (χ1n) is 3.57. The Labute approximate surface area is 80.2 Å². The molecule has 0 saturated heterocycles. The van der Waals surface area contributed by atoms with Gasteiger partial charge in [-0.25, -0.2) is 14.4 Å². The third kappa shape index (κ3) is 3.08. The summed E-state index contributed by atoms with van der Waals surface area (Å²) in [4.78, 5) is 7.16. The van der Waals surface area contributed by atoms with E-state index in [0.717, 1.165) is 6.20 Å². The van der Waals surface area contributed by atoms with Crippen LogP contribution in [-0.2, 0) is 4.74 Å². The molecule has 1 aromatic rings. The molecule has 5 heteroatoms. The Morgan fingerprint density at radius 2 is 2.46 bits per heavy atom. The predicted molar refractivity (Wildman–Crippen MR) is 47.9 cm³/mol. The highest BCUT2D eigenvalue weighted by Gasteiger charge is 2.00. The van der Waals surface area contributed by atoms with Gasteiger partial charge in [0.15, 0.2) is 5.82 Å². The molecule has 0 aliphatic heterocycles. The molecular weight excluding hydrogens is 195 g/mol. The number of nitrogens with zero attached hydrogens (tertiary/aromatic N) is 2. The van der Waals surface area contributed by atoms with Crippen LogP contribution in [0.25, 0.3) is 6.08 Å². The normalized spacial score (nSPS) is 11.0. The van der Waals surface area contributed by atoms with E-state index >= 15 is 0 Å². The van der Waals surface area contributed by atoms with Gasteiger partial charge in [0.25, 0.3) is 0 Å². The number of hydrogen-bond acceptors (Lipinski definition) is 3. The van der Waals surface area contributed by atoms with Crippen LogP contribution in [0.15, 0.2) is 12.3 Å². The van der Waals surface area contributed by atoms with Crippen LogP contribution in [-0.4, -0.2) is 23.7 Å². The number of halogens is 2. The molecule has 0 spiro atoms. The Balaban J connectivity index is 2.81. The van der Waals surface area contributed by atoms with Gasteiger partial charge in [-0.05, 0) is 17.7 Å². The largest absolute Gasteiger partial charge is 0.381 e. The lowest BCUT2D eigenvalue weighted by Gasteiger charge is -1.95. The van der Waals surface area contributed by atoms with E-state index in [-0.39, 0.29) is 11.0 Å². The second kappa shape index (κ2) is 4.89. The van der Waals surface area contributed by atoms with Crippen molar-refractivity contribution in [3.05, 3.63) is 29.1 Å². The summed E-state index contributed by atoms with van der Waals surface area (Å²) in [7, 11) is 1.55. The molecule has 13 heavy (non-hydrogen) atoms. The summed E-state index contributed by atoms with van der Waals surface area (Å²) in [5.74, 6) is -0.503. The summed E-state index contributed by atoms with van der Waals surface area (Å²) in [6.07, 6.45) is 4.16. The third-order valence-corrected chi connectivity index (χ3v) is 1.46. The number of rotatable bonds is 3. The SMILES string of the molecule is COCC=Cc1nc(Cl)ncc1F. The molecule has 0 amide bonds. The van der Waals surface area contributed by atoms with Crippen LogP contribution >= 0.6 is 11.6 Å². The lowest BCUT2D eigenvalue weighted by atomic mass is 10.3. The molecule has 1 heterocycles. The van der Waals surface area contributed by atoms with Gasteiger partial charge in [-0.3, -0.25) is 0 Å². The van der Waals surface area contributed by atoms with Crippen LogP contribution in [0, 0.1) is 5.82 Å². The van der Waals surface area contributed by atoms with Crippen LogP contribution < -0.4 is 0 Å². The number of ether oxygens (including phenoxy) is 1. The van der Waals surface area contributed by atoms with Gasteiger partial charge in [-0.2, -0.15) is 0 Å². The molecular formula is C8H8ClFN2O. The van der Waals surface area contributed by atoms with E-state index in [1.54, 1.807) is 13.2 Å². The van der Waals surface area contributed by atoms with Crippen LogP contribution in [0.5, 0.6) is 0 Å². The standard InChI is InChI=1S/C8H8ClFN2O/c1-13-4-2-3-7-6(10)5-11-8(9)12-7/h2-3,5H,4H2,1H3. The molecule has 0 fully saturated rings. The Morgan fingerprint density at radius 3 is 3.15 bits per heavy atom. The average Bonchev–Trinajstić information content (AvgIpc) is 2.11. The molecule has 0 aromatic carbocycles. The third-order valence-electron chi connectivity index (χ3n) is 1.28. The molecule has 3 nitrogen and oxygen atoms in total. The molecule has 0 bridgehead atoms. The van der Waals surface area contributed by atoms with Crippen molar-refractivity contribution in [2.75, 3.05) is 13.7 Å². The molecule has 0 radical (unpaired) electrons. The molecule has 0 aliphatic rings. The van der Waals surface area contributed by atoms with Gasteiger partial charge < -0.3 is 4.74 Å². The summed E-state index contributed by atoms with van der Waals surface area (Å²) in [5, 5.41) is 0.0264. The highest BCUT2D eigenvalue weighted by Crippen LogP contribution is 2.07. The van der Waals surface area contributed by atoms with E-state index in [1.165, 1.54) is 6.08 Å². The van der Waals surface area contributed by atoms with E-state index < -0.39 is 5.82 Å². The molecule has 1 rings (SSSR count). The Hall–Kier alpha value is -1.00. The van der Waals surface area contributed by atoms with Gasteiger partial charge in [0.05, 0.1) is 12.8 Å². The molecule has 0 N–H and O–H groups in total. The molecule has 0 saturated carbocycles. The van der Waals surface area contributed by atoms with Gasteiger partial charge in [0.2, 0.25) is 5.28 Å². The zero-order valence-corrected chi connectivity index (χ0v) is 7.75. The maximum Gasteiger partial charge on any atom is 0.223 e. The van der Waals surface area contributed by atoms with E-state index in [9.17, 15) is 4.39 Å². The van der Waals surface area contributed by atoms with Gasteiger partial charge in [-0.15, -0.1) is 0 Å². The summed E-state index contributed by atoms with van der Waals surface area (Å²) in [6, 6.07) is 0. The van der Waals surface area contributed by atoms with Crippen LogP contribution in [0.4, 0.5) is 4.39 Å². The second-order valence-electron chi connectivity index (χ2n) is 2.23. The zero-order valence-electron chi connectivity index (χ0n) is 7.00. The zero-order chi connectivity index (χ0) is 9.68. The maximum atomic E-state index is 12.9. The molecule has 0 unspecified atom stereocenters. The highest BCUT2D eigenvalue weighted by atomic mass is 35.5. The Kier molecular flexibility index (Phi) is 3.79. The smallest absolute Gasteiger partial charge is 0.223 e. The lowest BCUT2D eigenvalue weighted by molar-refractivity contribution is 0.234. The van der Waals surface area contributed by atoms with Crippen LogP contribution in [0.3, 0.4) is 0 Å². The fourth-order valence-electron chi connectivity index (χ4n) is 0.731. The minimum atomic E-state index is -0.503. The molecule has 1 aromatic heterocycles. The lowest BCUT2D eigenvalue weighted by Crippen LogP contribution is -1.91. The monoisotopic (exact) mass is 202 g/mol. The van der Waals surface area contributed by atoms with Crippen molar-refractivity contribution in [3.8, 4) is 0 Å². The average molecular weight is 203 g/mol. The van der Waals surface area contributed by atoms with Crippen molar-refractivity contribution in [2.24, 2.45) is 0 Å². The van der Waals surface area contributed by atoms with Gasteiger partial charge in [-0.1, -0.05) is 6.08 Å².